The zero-order chi connectivity index (χ0) is 12.3. The van der Waals surface area contributed by atoms with Crippen LogP contribution in [0.15, 0.2) is 11.1 Å². The maximum absolute atomic E-state index is 5.08. The Balaban J connectivity index is 2.21. The molecule has 92 valence electrons. The van der Waals surface area contributed by atoms with Gasteiger partial charge in [0.1, 0.15) is 6.67 Å². The molecule has 2 rings (SSSR count). The number of hydrazine groups is 1. The molecule has 7 nitrogen and oxygen atoms in total. The average Bonchev–Trinajstić information content (AvgIpc) is 2.86. The monoisotopic (exact) mass is 255 g/mol. The molecule has 0 saturated carbocycles. The Kier molecular flexibility index (Phi) is 3.52. The van der Waals surface area contributed by atoms with Crippen LogP contribution < -0.4 is 19.9 Å². The van der Waals surface area contributed by atoms with Crippen molar-refractivity contribution in [3.63, 3.8) is 0 Å². The van der Waals surface area contributed by atoms with E-state index in [1.807, 2.05) is 6.26 Å². The molecule has 17 heavy (non-hydrogen) atoms. The molecule has 1 aliphatic rings. The summed E-state index contributed by atoms with van der Waals surface area (Å²) in [5, 5.41) is 2.55. The van der Waals surface area contributed by atoms with E-state index < -0.39 is 0 Å². The molecule has 0 saturated heterocycles. The van der Waals surface area contributed by atoms with Gasteiger partial charge in [-0.3, -0.25) is 5.43 Å². The predicted octanol–water partition coefficient (Wildman–Crippen LogP) is 0.495. The van der Waals surface area contributed by atoms with Crippen LogP contribution in [0.2, 0.25) is 0 Å². The summed E-state index contributed by atoms with van der Waals surface area (Å²) in [6, 6.07) is 1.62. The van der Waals surface area contributed by atoms with Crippen molar-refractivity contribution < 1.29 is 9.47 Å². The fourth-order valence-corrected chi connectivity index (χ4v) is 1.65. The fourth-order valence-electron chi connectivity index (χ4n) is 1.27. The largest absolute Gasteiger partial charge is 0.481 e. The second kappa shape index (κ2) is 5.09. The number of hydrogen-bond acceptors (Lipinski definition) is 8. The summed E-state index contributed by atoms with van der Waals surface area (Å²) in [4.78, 5) is 12.7. The number of ether oxygens (including phenoxy) is 2. The lowest BCUT2D eigenvalue weighted by Gasteiger charge is -2.16. The summed E-state index contributed by atoms with van der Waals surface area (Å²) in [6.45, 7) is 0.465. The van der Waals surface area contributed by atoms with Crippen molar-refractivity contribution in [1.82, 2.24) is 15.4 Å². The van der Waals surface area contributed by atoms with Gasteiger partial charge in [0, 0.05) is 0 Å². The van der Waals surface area contributed by atoms with Crippen molar-refractivity contribution >= 4 is 22.9 Å². The van der Waals surface area contributed by atoms with E-state index in [-0.39, 0.29) is 0 Å². The van der Waals surface area contributed by atoms with Gasteiger partial charge < -0.3 is 9.47 Å². The van der Waals surface area contributed by atoms with Crippen molar-refractivity contribution in [3.05, 3.63) is 6.07 Å². The number of anilines is 1. The van der Waals surface area contributed by atoms with Crippen LogP contribution in [0, 0.1) is 0 Å². The van der Waals surface area contributed by atoms with Gasteiger partial charge in [-0.1, -0.05) is 11.8 Å². The van der Waals surface area contributed by atoms with Crippen molar-refractivity contribution in [3.8, 4) is 11.8 Å². The lowest BCUT2D eigenvalue weighted by atomic mass is 10.6. The molecule has 1 aromatic heterocycles. The molecule has 0 fully saturated rings. The Hall–Kier alpha value is -1.70. The summed E-state index contributed by atoms with van der Waals surface area (Å²) in [5.41, 5.74) is 3.07. The quantitative estimate of drug-likeness (QED) is 0.843. The van der Waals surface area contributed by atoms with Crippen LogP contribution in [0.5, 0.6) is 11.8 Å². The maximum atomic E-state index is 5.08. The standard InChI is InChI=1S/C9H13N5O2S/c1-15-6-4-7(16-2)12-8(11-6)14-5-10-9(13-14)17-3/h4H,5H2,1-3H3,(H,10,13). The highest BCUT2D eigenvalue weighted by Crippen LogP contribution is 2.20. The van der Waals surface area contributed by atoms with E-state index in [9.17, 15) is 0 Å². The first-order valence-corrected chi connectivity index (χ1v) is 6.09. The van der Waals surface area contributed by atoms with Crippen LogP contribution in [-0.2, 0) is 0 Å². The van der Waals surface area contributed by atoms with Gasteiger partial charge in [0.15, 0.2) is 5.17 Å². The molecule has 0 amide bonds. The number of nitrogens with zero attached hydrogens (tertiary/aromatic N) is 4. The van der Waals surface area contributed by atoms with Crippen molar-refractivity contribution in [1.29, 1.82) is 0 Å². The molecular weight excluding hydrogens is 242 g/mol. The van der Waals surface area contributed by atoms with Gasteiger partial charge in [0.25, 0.3) is 5.95 Å². The molecule has 0 radical (unpaired) electrons. The van der Waals surface area contributed by atoms with E-state index >= 15 is 0 Å². The molecule has 0 atom stereocenters. The molecule has 1 N–H and O–H groups in total. The third-order valence-corrected chi connectivity index (χ3v) is 2.71. The molecule has 0 unspecified atom stereocenters. The molecule has 2 heterocycles. The van der Waals surface area contributed by atoms with Crippen LogP contribution >= 0.6 is 11.8 Å². The minimum atomic E-state index is 0.450. The number of aliphatic imine (C=N–C) groups is 1. The van der Waals surface area contributed by atoms with Gasteiger partial charge in [-0.2, -0.15) is 9.97 Å². The number of nitrogens with one attached hydrogen (secondary N) is 1. The lowest BCUT2D eigenvalue weighted by molar-refractivity contribution is 0.371. The second-order valence-corrected chi connectivity index (χ2v) is 3.90. The minimum Gasteiger partial charge on any atom is -0.481 e. The van der Waals surface area contributed by atoms with Gasteiger partial charge >= 0.3 is 0 Å². The van der Waals surface area contributed by atoms with Gasteiger partial charge in [0.2, 0.25) is 11.8 Å². The van der Waals surface area contributed by atoms with Gasteiger partial charge in [-0.25, -0.2) is 10.0 Å². The van der Waals surface area contributed by atoms with E-state index in [4.69, 9.17) is 9.47 Å². The number of thioether (sulfide) groups is 1. The highest BCUT2D eigenvalue weighted by Gasteiger charge is 2.18. The van der Waals surface area contributed by atoms with Crippen LogP contribution in [0.4, 0.5) is 5.95 Å². The summed E-state index contributed by atoms with van der Waals surface area (Å²) in [6.07, 6.45) is 1.95. The first kappa shape index (κ1) is 11.8. The normalized spacial score (nSPS) is 14.3. The van der Waals surface area contributed by atoms with E-state index in [2.05, 4.69) is 20.4 Å². The van der Waals surface area contributed by atoms with Gasteiger partial charge in [0.05, 0.1) is 20.3 Å². The molecule has 0 spiro atoms. The molecule has 0 aliphatic carbocycles. The van der Waals surface area contributed by atoms with E-state index in [0.29, 0.717) is 24.4 Å². The molecule has 8 heteroatoms. The van der Waals surface area contributed by atoms with E-state index in [1.54, 1.807) is 25.3 Å². The Morgan fingerprint density at radius 3 is 2.41 bits per heavy atom. The zero-order valence-corrected chi connectivity index (χ0v) is 10.6. The van der Waals surface area contributed by atoms with Crippen molar-refractivity contribution in [2.75, 3.05) is 32.2 Å². The Morgan fingerprint density at radius 1 is 1.29 bits per heavy atom. The van der Waals surface area contributed by atoms with Gasteiger partial charge in [-0.15, -0.1) is 0 Å². The molecule has 0 bridgehead atoms. The third kappa shape index (κ3) is 2.52. The Bertz CT molecular complexity index is 417. The van der Waals surface area contributed by atoms with Gasteiger partial charge in [-0.05, 0) is 6.26 Å². The van der Waals surface area contributed by atoms with Crippen molar-refractivity contribution in [2.24, 2.45) is 4.99 Å². The highest BCUT2D eigenvalue weighted by atomic mass is 32.2. The lowest BCUT2D eigenvalue weighted by Crippen LogP contribution is -2.36. The zero-order valence-electron chi connectivity index (χ0n) is 9.80. The van der Waals surface area contributed by atoms with Crippen molar-refractivity contribution in [2.45, 2.75) is 0 Å². The number of amidine groups is 1. The minimum absolute atomic E-state index is 0.450. The predicted molar refractivity (Wildman–Crippen MR) is 66.6 cm³/mol. The van der Waals surface area contributed by atoms with E-state index in [1.165, 1.54) is 11.8 Å². The number of methoxy groups -OCH3 is 2. The molecule has 1 aromatic rings. The summed E-state index contributed by atoms with van der Waals surface area (Å²) in [7, 11) is 3.10. The molecular formula is C9H13N5O2S. The van der Waals surface area contributed by atoms with Crippen LogP contribution in [0.1, 0.15) is 0 Å². The molecule has 1 aliphatic heterocycles. The smallest absolute Gasteiger partial charge is 0.252 e. The SMILES string of the molecule is COc1cc(OC)nc(N2CN=C(SC)N2)n1. The number of aromatic nitrogens is 2. The highest BCUT2D eigenvalue weighted by molar-refractivity contribution is 8.13. The fraction of sp³-hybridized carbons (Fsp3) is 0.444. The first-order chi connectivity index (χ1) is 8.26. The summed E-state index contributed by atoms with van der Waals surface area (Å²) < 4.78 is 10.2. The number of rotatable bonds is 3. The maximum Gasteiger partial charge on any atom is 0.252 e. The summed E-state index contributed by atoms with van der Waals surface area (Å²) in [5.74, 6) is 1.37. The average molecular weight is 255 g/mol. The second-order valence-electron chi connectivity index (χ2n) is 3.10. The Labute approximate surface area is 103 Å². The summed E-state index contributed by atoms with van der Waals surface area (Å²) >= 11 is 1.53. The van der Waals surface area contributed by atoms with Crippen LogP contribution in [0.3, 0.4) is 0 Å². The first-order valence-electron chi connectivity index (χ1n) is 4.86. The Morgan fingerprint density at radius 2 is 1.94 bits per heavy atom. The van der Waals surface area contributed by atoms with Crippen LogP contribution in [0.25, 0.3) is 0 Å². The van der Waals surface area contributed by atoms with E-state index in [0.717, 1.165) is 5.17 Å². The third-order valence-electron chi connectivity index (χ3n) is 2.11. The number of hydrogen-bond donors (Lipinski definition) is 1. The topological polar surface area (TPSA) is 71.9 Å². The van der Waals surface area contributed by atoms with Crippen LogP contribution in [-0.4, -0.2) is 42.3 Å². The molecule has 0 aromatic carbocycles.